The van der Waals surface area contributed by atoms with Crippen LogP contribution in [0.15, 0.2) is 24.3 Å². The second kappa shape index (κ2) is 6.15. The minimum Gasteiger partial charge on any atom is -0.340 e. The Morgan fingerprint density at radius 1 is 1.47 bits per heavy atom. The molecule has 2 unspecified atom stereocenters. The van der Waals surface area contributed by atoms with E-state index in [1.807, 2.05) is 17.9 Å². The van der Waals surface area contributed by atoms with E-state index < -0.39 is 0 Å². The second-order valence-corrected chi connectivity index (χ2v) is 5.24. The van der Waals surface area contributed by atoms with Crippen LogP contribution in [-0.4, -0.2) is 30.4 Å². The first-order valence-corrected chi connectivity index (χ1v) is 6.87. The van der Waals surface area contributed by atoms with Gasteiger partial charge in [-0.1, -0.05) is 32.0 Å². The van der Waals surface area contributed by atoms with Crippen LogP contribution >= 0.6 is 0 Å². The van der Waals surface area contributed by atoms with Gasteiger partial charge in [-0.25, -0.2) is 4.39 Å². The van der Waals surface area contributed by atoms with Crippen LogP contribution in [0.5, 0.6) is 0 Å². The number of likely N-dealkylation sites (tertiary alicyclic amines) is 1. The van der Waals surface area contributed by atoms with Gasteiger partial charge < -0.3 is 10.2 Å². The number of nitrogens with zero attached hydrogens (tertiary/aromatic N) is 1. The maximum absolute atomic E-state index is 13.9. The van der Waals surface area contributed by atoms with Gasteiger partial charge in [0.25, 0.3) is 0 Å². The van der Waals surface area contributed by atoms with Crippen LogP contribution in [0.4, 0.5) is 4.39 Å². The zero-order valence-electron chi connectivity index (χ0n) is 11.5. The predicted molar refractivity (Wildman–Crippen MR) is 73.2 cm³/mol. The van der Waals surface area contributed by atoms with Crippen molar-refractivity contribution in [3.05, 3.63) is 35.6 Å². The smallest absolute Gasteiger partial charge is 0.222 e. The number of halogens is 1. The fourth-order valence-corrected chi connectivity index (χ4v) is 2.64. The highest BCUT2D eigenvalue weighted by atomic mass is 19.1. The summed E-state index contributed by atoms with van der Waals surface area (Å²) in [5, 5.41) is 3.27. The maximum atomic E-state index is 13.9. The molecule has 1 aromatic carbocycles. The van der Waals surface area contributed by atoms with Crippen molar-refractivity contribution in [2.75, 3.05) is 19.6 Å². The summed E-state index contributed by atoms with van der Waals surface area (Å²) < 4.78 is 13.9. The van der Waals surface area contributed by atoms with Crippen LogP contribution in [0.25, 0.3) is 0 Å². The van der Waals surface area contributed by atoms with Gasteiger partial charge in [0, 0.05) is 25.1 Å². The van der Waals surface area contributed by atoms with E-state index in [0.717, 1.165) is 13.1 Å². The summed E-state index contributed by atoms with van der Waals surface area (Å²) >= 11 is 0. The minimum atomic E-state index is -0.215. The molecule has 0 radical (unpaired) electrons. The van der Waals surface area contributed by atoms with E-state index in [-0.39, 0.29) is 17.8 Å². The number of rotatable bonds is 5. The summed E-state index contributed by atoms with van der Waals surface area (Å²) in [6.45, 7) is 6.12. The molecule has 0 aromatic heterocycles. The number of carbonyl (C=O) groups excluding carboxylic acids is 1. The Labute approximate surface area is 113 Å². The standard InChI is InChI=1S/C15H21FN2O/c1-3-17-14(12-6-4-5-7-13(12)16)10-18-9-11(2)8-15(18)19/h4-7,11,14,17H,3,8-10H2,1-2H3. The summed E-state index contributed by atoms with van der Waals surface area (Å²) in [6.07, 6.45) is 0.607. The zero-order chi connectivity index (χ0) is 13.8. The molecule has 0 spiro atoms. The van der Waals surface area contributed by atoms with Gasteiger partial charge in [-0.2, -0.15) is 0 Å². The molecule has 104 valence electrons. The van der Waals surface area contributed by atoms with Crippen molar-refractivity contribution >= 4 is 5.91 Å². The molecule has 1 aliphatic heterocycles. The number of nitrogens with one attached hydrogen (secondary N) is 1. The van der Waals surface area contributed by atoms with Crippen LogP contribution in [0, 0.1) is 11.7 Å². The minimum absolute atomic E-state index is 0.138. The molecule has 1 aliphatic rings. The van der Waals surface area contributed by atoms with Crippen LogP contribution in [0.3, 0.4) is 0 Å². The van der Waals surface area contributed by atoms with E-state index in [4.69, 9.17) is 0 Å². The monoisotopic (exact) mass is 264 g/mol. The number of likely N-dealkylation sites (N-methyl/N-ethyl adjacent to an activating group) is 1. The van der Waals surface area contributed by atoms with E-state index in [2.05, 4.69) is 12.2 Å². The van der Waals surface area contributed by atoms with Gasteiger partial charge in [0.15, 0.2) is 0 Å². The van der Waals surface area contributed by atoms with Crippen LogP contribution in [0.2, 0.25) is 0 Å². The normalized spacial score (nSPS) is 20.9. The molecule has 0 saturated carbocycles. The molecule has 1 saturated heterocycles. The third-order valence-corrected chi connectivity index (χ3v) is 3.54. The Hall–Kier alpha value is -1.42. The van der Waals surface area contributed by atoms with Gasteiger partial charge >= 0.3 is 0 Å². The van der Waals surface area contributed by atoms with Gasteiger partial charge in [0.1, 0.15) is 5.82 Å². The maximum Gasteiger partial charge on any atom is 0.222 e. The first kappa shape index (κ1) is 14.0. The van der Waals surface area contributed by atoms with Crippen molar-refractivity contribution in [2.24, 2.45) is 5.92 Å². The van der Waals surface area contributed by atoms with E-state index in [1.54, 1.807) is 12.1 Å². The Kier molecular flexibility index (Phi) is 4.53. The van der Waals surface area contributed by atoms with E-state index in [1.165, 1.54) is 6.07 Å². The van der Waals surface area contributed by atoms with E-state index in [0.29, 0.717) is 24.4 Å². The van der Waals surface area contributed by atoms with Gasteiger partial charge in [-0.15, -0.1) is 0 Å². The van der Waals surface area contributed by atoms with Gasteiger partial charge in [-0.05, 0) is 18.5 Å². The molecule has 2 atom stereocenters. The number of hydrogen-bond donors (Lipinski definition) is 1. The highest BCUT2D eigenvalue weighted by Gasteiger charge is 2.29. The van der Waals surface area contributed by atoms with Crippen molar-refractivity contribution in [1.82, 2.24) is 10.2 Å². The van der Waals surface area contributed by atoms with Crippen molar-refractivity contribution < 1.29 is 9.18 Å². The second-order valence-electron chi connectivity index (χ2n) is 5.24. The SMILES string of the molecule is CCNC(CN1CC(C)CC1=O)c1ccccc1F. The van der Waals surface area contributed by atoms with Crippen LogP contribution in [-0.2, 0) is 4.79 Å². The van der Waals surface area contributed by atoms with Crippen LogP contribution in [0.1, 0.15) is 31.9 Å². The lowest BCUT2D eigenvalue weighted by Gasteiger charge is -2.25. The van der Waals surface area contributed by atoms with E-state index in [9.17, 15) is 9.18 Å². The summed E-state index contributed by atoms with van der Waals surface area (Å²) in [5.74, 6) is 0.357. The third kappa shape index (κ3) is 3.32. The zero-order valence-corrected chi connectivity index (χ0v) is 11.5. The quantitative estimate of drug-likeness (QED) is 0.885. The number of carbonyl (C=O) groups is 1. The average molecular weight is 264 g/mol. The first-order chi connectivity index (χ1) is 9.11. The van der Waals surface area contributed by atoms with Crippen molar-refractivity contribution in [3.63, 3.8) is 0 Å². The van der Waals surface area contributed by atoms with Crippen molar-refractivity contribution in [2.45, 2.75) is 26.3 Å². The predicted octanol–water partition coefficient (Wildman–Crippen LogP) is 2.34. The van der Waals surface area contributed by atoms with Crippen molar-refractivity contribution in [1.29, 1.82) is 0 Å². The Bertz CT molecular complexity index is 450. The summed E-state index contributed by atoms with van der Waals surface area (Å²) in [7, 11) is 0. The molecule has 1 aromatic rings. The number of hydrogen-bond acceptors (Lipinski definition) is 2. The fraction of sp³-hybridized carbons (Fsp3) is 0.533. The van der Waals surface area contributed by atoms with Crippen LogP contribution < -0.4 is 5.32 Å². The third-order valence-electron chi connectivity index (χ3n) is 3.54. The average Bonchev–Trinajstić information content (AvgIpc) is 2.68. The molecule has 4 heteroatoms. The van der Waals surface area contributed by atoms with Crippen molar-refractivity contribution in [3.8, 4) is 0 Å². The Balaban J connectivity index is 2.13. The highest BCUT2D eigenvalue weighted by molar-refractivity contribution is 5.78. The molecular weight excluding hydrogens is 243 g/mol. The molecule has 2 rings (SSSR count). The Morgan fingerprint density at radius 2 is 2.21 bits per heavy atom. The van der Waals surface area contributed by atoms with Gasteiger partial charge in [0.2, 0.25) is 5.91 Å². The molecular formula is C15H21FN2O. The molecule has 1 N–H and O–H groups in total. The lowest BCUT2D eigenvalue weighted by molar-refractivity contribution is -0.128. The summed E-state index contributed by atoms with van der Waals surface area (Å²) in [5.41, 5.74) is 0.636. The largest absolute Gasteiger partial charge is 0.340 e. The topological polar surface area (TPSA) is 32.3 Å². The van der Waals surface area contributed by atoms with Gasteiger partial charge in [-0.3, -0.25) is 4.79 Å². The summed E-state index contributed by atoms with van der Waals surface area (Å²) in [6, 6.07) is 6.63. The first-order valence-electron chi connectivity index (χ1n) is 6.87. The molecule has 3 nitrogen and oxygen atoms in total. The number of benzene rings is 1. The fourth-order valence-electron chi connectivity index (χ4n) is 2.64. The molecule has 1 fully saturated rings. The molecule has 1 amide bonds. The Morgan fingerprint density at radius 3 is 2.79 bits per heavy atom. The van der Waals surface area contributed by atoms with Gasteiger partial charge in [0.05, 0.1) is 6.04 Å². The molecule has 0 aliphatic carbocycles. The lowest BCUT2D eigenvalue weighted by atomic mass is 10.1. The number of amides is 1. The summed E-state index contributed by atoms with van der Waals surface area (Å²) in [4.78, 5) is 13.7. The molecule has 19 heavy (non-hydrogen) atoms. The van der Waals surface area contributed by atoms with E-state index >= 15 is 0 Å². The molecule has 1 heterocycles. The lowest BCUT2D eigenvalue weighted by Crippen LogP contribution is -2.36. The molecule has 0 bridgehead atoms. The highest BCUT2D eigenvalue weighted by Crippen LogP contribution is 2.23.